The summed E-state index contributed by atoms with van der Waals surface area (Å²) in [5, 5.41) is 12.0. The molecule has 0 aromatic heterocycles. The standard InChI is InChI=1S/C20H30N4O2/c1-15-11-24(12-16(2)26-15)20(3,4)14-22-19(25)23(5)13-18-8-6-7-17(9-18)10-21/h6-9,15-16H,11-14H2,1-5H3,(H,22,25). The predicted octanol–water partition coefficient (Wildman–Crippen LogP) is 2.59. The molecule has 6 heteroatoms. The van der Waals surface area contributed by atoms with Gasteiger partial charge in [0.1, 0.15) is 0 Å². The van der Waals surface area contributed by atoms with Crippen LogP contribution in [0.1, 0.15) is 38.8 Å². The van der Waals surface area contributed by atoms with Gasteiger partial charge in [0.05, 0.1) is 23.8 Å². The number of rotatable bonds is 5. The van der Waals surface area contributed by atoms with Crippen LogP contribution in [0.25, 0.3) is 0 Å². The van der Waals surface area contributed by atoms with Crippen molar-refractivity contribution in [3.63, 3.8) is 0 Å². The third kappa shape index (κ3) is 5.45. The molecule has 0 radical (unpaired) electrons. The van der Waals surface area contributed by atoms with E-state index in [-0.39, 0.29) is 23.8 Å². The Morgan fingerprint density at radius 3 is 2.65 bits per heavy atom. The van der Waals surface area contributed by atoms with Gasteiger partial charge in [-0.2, -0.15) is 5.26 Å². The zero-order chi connectivity index (χ0) is 19.3. The fourth-order valence-corrected chi connectivity index (χ4v) is 3.30. The van der Waals surface area contributed by atoms with E-state index in [2.05, 4.69) is 44.0 Å². The minimum absolute atomic E-state index is 0.116. The van der Waals surface area contributed by atoms with E-state index in [9.17, 15) is 4.79 Å². The lowest BCUT2D eigenvalue weighted by Gasteiger charge is -2.45. The van der Waals surface area contributed by atoms with Crippen LogP contribution in [0, 0.1) is 11.3 Å². The number of carbonyl (C=O) groups is 1. The van der Waals surface area contributed by atoms with Crippen LogP contribution in [0.2, 0.25) is 0 Å². The van der Waals surface area contributed by atoms with E-state index in [0.717, 1.165) is 18.7 Å². The van der Waals surface area contributed by atoms with Gasteiger partial charge in [0.25, 0.3) is 0 Å². The molecule has 2 amide bonds. The van der Waals surface area contributed by atoms with E-state index < -0.39 is 0 Å². The highest BCUT2D eigenvalue weighted by Crippen LogP contribution is 2.20. The van der Waals surface area contributed by atoms with Gasteiger partial charge in [-0.3, -0.25) is 4.90 Å². The lowest BCUT2D eigenvalue weighted by Crippen LogP contribution is -2.59. The molecule has 1 fully saturated rings. The van der Waals surface area contributed by atoms with E-state index >= 15 is 0 Å². The highest BCUT2D eigenvalue weighted by Gasteiger charge is 2.33. The predicted molar refractivity (Wildman–Crippen MR) is 102 cm³/mol. The number of nitriles is 1. The first-order valence-corrected chi connectivity index (χ1v) is 9.10. The van der Waals surface area contributed by atoms with Gasteiger partial charge in [0, 0.05) is 38.8 Å². The topological polar surface area (TPSA) is 68.6 Å². The molecule has 1 heterocycles. The number of amides is 2. The van der Waals surface area contributed by atoms with Gasteiger partial charge in [0.2, 0.25) is 0 Å². The van der Waals surface area contributed by atoms with Crippen LogP contribution in [-0.4, -0.2) is 60.3 Å². The number of carbonyl (C=O) groups excluding carboxylic acids is 1. The molecule has 6 nitrogen and oxygen atoms in total. The molecule has 2 rings (SSSR count). The van der Waals surface area contributed by atoms with Gasteiger partial charge in [0.15, 0.2) is 0 Å². The summed E-state index contributed by atoms with van der Waals surface area (Å²) in [6.07, 6.45) is 0.396. The van der Waals surface area contributed by atoms with Gasteiger partial charge in [-0.1, -0.05) is 12.1 Å². The van der Waals surface area contributed by atoms with Crippen molar-refractivity contribution in [3.8, 4) is 6.07 Å². The molecular formula is C20H30N4O2. The second kappa shape index (κ2) is 8.52. The zero-order valence-corrected chi connectivity index (χ0v) is 16.5. The SMILES string of the molecule is CC1CN(C(C)(C)CNC(=O)N(C)Cc2cccc(C#N)c2)CC(C)O1. The molecule has 0 bridgehead atoms. The molecule has 0 saturated carbocycles. The largest absolute Gasteiger partial charge is 0.373 e. The molecule has 1 aliphatic heterocycles. The number of benzene rings is 1. The Labute approximate surface area is 156 Å². The van der Waals surface area contributed by atoms with Crippen molar-refractivity contribution >= 4 is 6.03 Å². The normalized spacial score (nSPS) is 21.1. The summed E-state index contributed by atoms with van der Waals surface area (Å²) in [4.78, 5) is 16.5. The van der Waals surface area contributed by atoms with Crippen molar-refractivity contribution < 1.29 is 9.53 Å². The third-order valence-electron chi connectivity index (χ3n) is 4.77. The summed E-state index contributed by atoms with van der Waals surface area (Å²) in [6.45, 7) is 11.2. The summed E-state index contributed by atoms with van der Waals surface area (Å²) >= 11 is 0. The Hall–Kier alpha value is -2.10. The molecule has 1 aromatic carbocycles. The number of hydrogen-bond acceptors (Lipinski definition) is 4. The van der Waals surface area contributed by atoms with E-state index in [0.29, 0.717) is 18.7 Å². The third-order valence-corrected chi connectivity index (χ3v) is 4.77. The number of nitrogens with zero attached hydrogens (tertiary/aromatic N) is 3. The summed E-state index contributed by atoms with van der Waals surface area (Å²) in [7, 11) is 1.76. The van der Waals surface area contributed by atoms with Gasteiger partial charge < -0.3 is 15.0 Å². The van der Waals surface area contributed by atoms with Crippen LogP contribution in [0.4, 0.5) is 4.79 Å². The van der Waals surface area contributed by atoms with Gasteiger partial charge in [-0.15, -0.1) is 0 Å². The van der Waals surface area contributed by atoms with Crippen molar-refractivity contribution in [1.82, 2.24) is 15.1 Å². The lowest BCUT2D eigenvalue weighted by molar-refractivity contribution is -0.0948. The van der Waals surface area contributed by atoms with Crippen molar-refractivity contribution in [2.24, 2.45) is 0 Å². The number of ether oxygens (including phenoxy) is 1. The maximum absolute atomic E-state index is 12.5. The molecule has 1 aliphatic rings. The highest BCUT2D eigenvalue weighted by atomic mass is 16.5. The summed E-state index contributed by atoms with van der Waals surface area (Å²) in [5.74, 6) is 0. The molecule has 142 valence electrons. The minimum Gasteiger partial charge on any atom is -0.373 e. The molecule has 2 unspecified atom stereocenters. The van der Waals surface area contributed by atoms with Crippen LogP contribution < -0.4 is 5.32 Å². The smallest absolute Gasteiger partial charge is 0.317 e. The highest BCUT2D eigenvalue weighted by molar-refractivity contribution is 5.74. The number of urea groups is 1. The molecule has 1 N–H and O–H groups in total. The van der Waals surface area contributed by atoms with Crippen molar-refractivity contribution in [2.75, 3.05) is 26.7 Å². The molecule has 1 saturated heterocycles. The Kier molecular flexibility index (Phi) is 6.63. The van der Waals surface area contributed by atoms with Gasteiger partial charge in [-0.05, 0) is 45.4 Å². The molecular weight excluding hydrogens is 328 g/mol. The first kappa shape index (κ1) is 20.2. The minimum atomic E-state index is -0.149. The van der Waals surface area contributed by atoms with E-state index in [1.165, 1.54) is 0 Å². The fraction of sp³-hybridized carbons (Fsp3) is 0.600. The van der Waals surface area contributed by atoms with E-state index in [1.54, 1.807) is 18.0 Å². The quantitative estimate of drug-likeness (QED) is 0.878. The summed E-state index contributed by atoms with van der Waals surface area (Å²) in [5.41, 5.74) is 1.40. The molecule has 0 spiro atoms. The fourth-order valence-electron chi connectivity index (χ4n) is 3.30. The van der Waals surface area contributed by atoms with Crippen LogP contribution in [0.3, 0.4) is 0 Å². The molecule has 26 heavy (non-hydrogen) atoms. The second-order valence-corrected chi connectivity index (χ2v) is 7.80. The Morgan fingerprint density at radius 1 is 1.38 bits per heavy atom. The molecule has 0 aliphatic carbocycles. The summed E-state index contributed by atoms with van der Waals surface area (Å²) < 4.78 is 5.80. The average molecular weight is 358 g/mol. The van der Waals surface area contributed by atoms with Crippen molar-refractivity contribution in [1.29, 1.82) is 5.26 Å². The maximum Gasteiger partial charge on any atom is 0.317 e. The number of nitrogens with one attached hydrogen (secondary N) is 1. The first-order valence-electron chi connectivity index (χ1n) is 9.10. The zero-order valence-electron chi connectivity index (χ0n) is 16.5. The Balaban J connectivity index is 1.89. The van der Waals surface area contributed by atoms with E-state index in [1.807, 2.05) is 18.2 Å². The molecule has 2 atom stereocenters. The Morgan fingerprint density at radius 2 is 2.04 bits per heavy atom. The van der Waals surface area contributed by atoms with Crippen LogP contribution >= 0.6 is 0 Å². The van der Waals surface area contributed by atoms with Crippen LogP contribution in [-0.2, 0) is 11.3 Å². The number of hydrogen-bond donors (Lipinski definition) is 1. The number of morpholine rings is 1. The Bertz CT molecular complexity index is 658. The van der Waals surface area contributed by atoms with E-state index in [4.69, 9.17) is 10.00 Å². The maximum atomic E-state index is 12.5. The van der Waals surface area contributed by atoms with Crippen molar-refractivity contribution in [2.45, 2.75) is 52.0 Å². The van der Waals surface area contributed by atoms with Crippen LogP contribution in [0.5, 0.6) is 0 Å². The van der Waals surface area contributed by atoms with Gasteiger partial charge in [-0.25, -0.2) is 4.79 Å². The first-order chi connectivity index (χ1) is 12.2. The lowest BCUT2D eigenvalue weighted by atomic mass is 10.00. The average Bonchev–Trinajstić information content (AvgIpc) is 2.59. The monoisotopic (exact) mass is 358 g/mol. The summed E-state index contributed by atoms with van der Waals surface area (Å²) in [6, 6.07) is 9.34. The van der Waals surface area contributed by atoms with Crippen molar-refractivity contribution in [3.05, 3.63) is 35.4 Å². The second-order valence-electron chi connectivity index (χ2n) is 7.80. The van der Waals surface area contributed by atoms with Gasteiger partial charge >= 0.3 is 6.03 Å². The molecule has 1 aromatic rings. The van der Waals surface area contributed by atoms with Crippen LogP contribution in [0.15, 0.2) is 24.3 Å².